The Labute approximate surface area is 120 Å². The lowest BCUT2D eigenvalue weighted by molar-refractivity contribution is 0.0697. The van der Waals surface area contributed by atoms with Crippen molar-refractivity contribution in [2.75, 3.05) is 0 Å². The monoisotopic (exact) mass is 292 g/mol. The molecule has 21 heavy (non-hydrogen) atoms. The number of carboxylic acid groups (broad SMARTS) is 1. The van der Waals surface area contributed by atoms with E-state index in [2.05, 4.69) is 5.10 Å². The zero-order valence-electron chi connectivity index (χ0n) is 11.2. The summed E-state index contributed by atoms with van der Waals surface area (Å²) in [5.41, 5.74) is -0.248. The third-order valence-electron chi connectivity index (χ3n) is 3.87. The summed E-state index contributed by atoms with van der Waals surface area (Å²) >= 11 is 0. The van der Waals surface area contributed by atoms with Crippen LogP contribution in [0.3, 0.4) is 0 Å². The molecule has 0 unspecified atom stereocenters. The minimum Gasteiger partial charge on any atom is -0.478 e. The van der Waals surface area contributed by atoms with Gasteiger partial charge in [-0.2, -0.15) is 5.10 Å². The summed E-state index contributed by atoms with van der Waals surface area (Å²) in [5.74, 6) is -3.28. The first kappa shape index (κ1) is 13.7. The quantitative estimate of drug-likeness (QED) is 0.939. The van der Waals surface area contributed by atoms with Crippen LogP contribution < -0.4 is 0 Å². The highest BCUT2D eigenvalue weighted by molar-refractivity contribution is 5.94. The van der Waals surface area contributed by atoms with Crippen molar-refractivity contribution in [3.05, 3.63) is 41.6 Å². The second kappa shape index (κ2) is 5.27. The number of aromatic nitrogens is 2. The number of hydrogen-bond donors (Lipinski definition) is 1. The van der Waals surface area contributed by atoms with Gasteiger partial charge < -0.3 is 5.11 Å². The van der Waals surface area contributed by atoms with Crippen molar-refractivity contribution in [1.29, 1.82) is 0 Å². The smallest absolute Gasteiger partial charge is 0.339 e. The Bertz CT molecular complexity index is 691. The van der Waals surface area contributed by atoms with Gasteiger partial charge in [-0.25, -0.2) is 13.6 Å². The fourth-order valence-corrected chi connectivity index (χ4v) is 2.79. The van der Waals surface area contributed by atoms with E-state index in [4.69, 9.17) is 0 Å². The molecule has 0 amide bonds. The van der Waals surface area contributed by atoms with Gasteiger partial charge in [-0.05, 0) is 25.0 Å². The standard InChI is InChI=1S/C15H14F2N2O2/c16-12-7-3-6-10(13(12)17)14-11(15(20)21)8-19(18-14)9-4-1-2-5-9/h3,6-9H,1-2,4-5H2,(H,20,21). The molecular weight excluding hydrogens is 278 g/mol. The van der Waals surface area contributed by atoms with Crippen LogP contribution in [0.1, 0.15) is 42.1 Å². The summed E-state index contributed by atoms with van der Waals surface area (Å²) in [6.45, 7) is 0. The molecule has 2 aromatic rings. The van der Waals surface area contributed by atoms with Crippen molar-refractivity contribution in [2.45, 2.75) is 31.7 Å². The van der Waals surface area contributed by atoms with Gasteiger partial charge in [0.25, 0.3) is 0 Å². The number of benzene rings is 1. The van der Waals surface area contributed by atoms with Gasteiger partial charge in [0.2, 0.25) is 0 Å². The number of carbonyl (C=O) groups is 1. The predicted molar refractivity (Wildman–Crippen MR) is 72.0 cm³/mol. The predicted octanol–water partition coefficient (Wildman–Crippen LogP) is 3.64. The van der Waals surface area contributed by atoms with E-state index < -0.39 is 17.6 Å². The molecule has 1 aliphatic rings. The van der Waals surface area contributed by atoms with E-state index in [1.165, 1.54) is 18.3 Å². The van der Waals surface area contributed by atoms with Crippen LogP contribution in [0.5, 0.6) is 0 Å². The van der Waals surface area contributed by atoms with Gasteiger partial charge in [0.15, 0.2) is 11.6 Å². The third kappa shape index (κ3) is 2.41. The lowest BCUT2D eigenvalue weighted by Gasteiger charge is -2.08. The first-order valence-corrected chi connectivity index (χ1v) is 6.84. The molecule has 1 saturated carbocycles. The van der Waals surface area contributed by atoms with Crippen molar-refractivity contribution in [3.8, 4) is 11.3 Å². The SMILES string of the molecule is O=C(O)c1cn(C2CCCC2)nc1-c1cccc(F)c1F. The highest BCUT2D eigenvalue weighted by Gasteiger charge is 2.25. The molecule has 0 bridgehead atoms. The van der Waals surface area contributed by atoms with Crippen LogP contribution in [0.4, 0.5) is 8.78 Å². The van der Waals surface area contributed by atoms with Crippen LogP contribution in [0.15, 0.2) is 24.4 Å². The van der Waals surface area contributed by atoms with Crippen LogP contribution in [-0.2, 0) is 0 Å². The Morgan fingerprint density at radius 1 is 1.29 bits per heavy atom. The third-order valence-corrected chi connectivity index (χ3v) is 3.87. The summed E-state index contributed by atoms with van der Waals surface area (Å²) < 4.78 is 28.8. The molecule has 1 N–H and O–H groups in total. The summed E-state index contributed by atoms with van der Waals surface area (Å²) in [6, 6.07) is 3.81. The van der Waals surface area contributed by atoms with Crippen molar-refractivity contribution in [2.24, 2.45) is 0 Å². The van der Waals surface area contributed by atoms with E-state index in [1.54, 1.807) is 4.68 Å². The van der Waals surface area contributed by atoms with Crippen LogP contribution in [0, 0.1) is 11.6 Å². The average molecular weight is 292 g/mol. The first-order valence-electron chi connectivity index (χ1n) is 6.84. The van der Waals surface area contributed by atoms with E-state index in [0.29, 0.717) is 0 Å². The Hall–Kier alpha value is -2.24. The normalized spacial score (nSPS) is 15.5. The van der Waals surface area contributed by atoms with E-state index in [9.17, 15) is 18.7 Å². The molecule has 0 aliphatic heterocycles. The maximum atomic E-state index is 13.9. The molecule has 1 aromatic heterocycles. The second-order valence-electron chi connectivity index (χ2n) is 5.22. The van der Waals surface area contributed by atoms with Gasteiger partial charge >= 0.3 is 5.97 Å². The van der Waals surface area contributed by atoms with E-state index in [1.807, 2.05) is 0 Å². The Kier molecular flexibility index (Phi) is 3.45. The molecule has 0 radical (unpaired) electrons. The number of halogens is 2. The lowest BCUT2D eigenvalue weighted by atomic mass is 10.1. The van der Waals surface area contributed by atoms with Gasteiger partial charge in [0, 0.05) is 11.8 Å². The molecule has 1 heterocycles. The molecule has 1 fully saturated rings. The van der Waals surface area contributed by atoms with Gasteiger partial charge in [-0.1, -0.05) is 18.9 Å². The van der Waals surface area contributed by atoms with Crippen LogP contribution in [0.25, 0.3) is 11.3 Å². The number of nitrogens with zero attached hydrogens (tertiary/aromatic N) is 2. The molecule has 6 heteroatoms. The second-order valence-corrected chi connectivity index (χ2v) is 5.22. The molecule has 4 nitrogen and oxygen atoms in total. The number of carboxylic acids is 1. The fourth-order valence-electron chi connectivity index (χ4n) is 2.79. The minimum atomic E-state index is -1.20. The maximum Gasteiger partial charge on any atom is 0.339 e. The molecule has 1 aliphatic carbocycles. The lowest BCUT2D eigenvalue weighted by Crippen LogP contribution is -2.05. The zero-order valence-corrected chi connectivity index (χ0v) is 11.2. The number of rotatable bonds is 3. The fraction of sp³-hybridized carbons (Fsp3) is 0.333. The van der Waals surface area contributed by atoms with Crippen LogP contribution in [0.2, 0.25) is 0 Å². The van der Waals surface area contributed by atoms with E-state index in [-0.39, 0.29) is 22.9 Å². The van der Waals surface area contributed by atoms with Gasteiger partial charge in [0.05, 0.1) is 6.04 Å². The van der Waals surface area contributed by atoms with Gasteiger partial charge in [-0.3, -0.25) is 4.68 Å². The van der Waals surface area contributed by atoms with Crippen LogP contribution in [-0.4, -0.2) is 20.9 Å². The molecule has 3 rings (SSSR count). The average Bonchev–Trinajstić information content (AvgIpc) is 3.09. The highest BCUT2D eigenvalue weighted by Crippen LogP contribution is 2.32. The maximum absolute atomic E-state index is 13.9. The van der Waals surface area contributed by atoms with E-state index in [0.717, 1.165) is 31.7 Å². The first-order chi connectivity index (χ1) is 10.1. The van der Waals surface area contributed by atoms with Crippen molar-refractivity contribution in [1.82, 2.24) is 9.78 Å². The topological polar surface area (TPSA) is 55.1 Å². The largest absolute Gasteiger partial charge is 0.478 e. The minimum absolute atomic E-state index is 0.0219. The van der Waals surface area contributed by atoms with Crippen LogP contribution >= 0.6 is 0 Å². The van der Waals surface area contributed by atoms with Gasteiger partial charge in [-0.15, -0.1) is 0 Å². The van der Waals surface area contributed by atoms with Crippen molar-refractivity contribution >= 4 is 5.97 Å². The van der Waals surface area contributed by atoms with Gasteiger partial charge in [0.1, 0.15) is 11.3 Å². The Balaban J connectivity index is 2.12. The summed E-state index contributed by atoms with van der Waals surface area (Å²) in [7, 11) is 0. The number of hydrogen-bond acceptors (Lipinski definition) is 2. The zero-order chi connectivity index (χ0) is 15.0. The Morgan fingerprint density at radius 2 is 2.00 bits per heavy atom. The number of aromatic carboxylic acids is 1. The molecular formula is C15H14F2N2O2. The molecule has 0 atom stereocenters. The molecule has 110 valence electrons. The molecule has 1 aromatic carbocycles. The molecule has 0 saturated heterocycles. The van der Waals surface area contributed by atoms with Crippen molar-refractivity contribution in [3.63, 3.8) is 0 Å². The highest BCUT2D eigenvalue weighted by atomic mass is 19.2. The summed E-state index contributed by atoms with van der Waals surface area (Å²) in [4.78, 5) is 11.3. The molecule has 0 spiro atoms. The Morgan fingerprint density at radius 3 is 2.67 bits per heavy atom. The summed E-state index contributed by atoms with van der Waals surface area (Å²) in [5, 5.41) is 13.5. The van der Waals surface area contributed by atoms with E-state index >= 15 is 0 Å². The summed E-state index contributed by atoms with van der Waals surface area (Å²) in [6.07, 6.45) is 5.39. The van der Waals surface area contributed by atoms with Crippen molar-refractivity contribution < 1.29 is 18.7 Å².